The molecule has 1 aliphatic heterocycles. The summed E-state index contributed by atoms with van der Waals surface area (Å²) < 4.78 is 5.32. The second-order valence-electron chi connectivity index (χ2n) is 5.04. The molecular weight excluding hydrogens is 204 g/mol. The fraction of sp³-hybridized carbons (Fsp3) is 0.917. The Labute approximate surface area is 97.1 Å². The van der Waals surface area contributed by atoms with Crippen molar-refractivity contribution in [3.63, 3.8) is 0 Å². The molecule has 1 heterocycles. The molecule has 1 aliphatic carbocycles. The first-order chi connectivity index (χ1) is 7.70. The molecule has 92 valence electrons. The average molecular weight is 226 g/mol. The van der Waals surface area contributed by atoms with Gasteiger partial charge in [0.25, 0.3) is 0 Å². The number of nitrogens with zero attached hydrogens (tertiary/aromatic N) is 1. The molecule has 1 saturated carbocycles. The van der Waals surface area contributed by atoms with Crippen LogP contribution in [0.15, 0.2) is 0 Å². The molecule has 1 amide bonds. The molecule has 0 aromatic rings. The zero-order chi connectivity index (χ0) is 11.5. The van der Waals surface area contributed by atoms with Crippen LogP contribution >= 0.6 is 0 Å². The Hall–Kier alpha value is -0.610. The third-order valence-corrected chi connectivity index (χ3v) is 3.89. The lowest BCUT2D eigenvalue weighted by Gasteiger charge is -2.29. The van der Waals surface area contributed by atoms with Gasteiger partial charge in [0.2, 0.25) is 5.91 Å². The lowest BCUT2D eigenvalue weighted by molar-refractivity contribution is -0.136. The number of likely N-dealkylation sites (tertiary alicyclic amines) is 1. The second-order valence-corrected chi connectivity index (χ2v) is 5.04. The van der Waals surface area contributed by atoms with Crippen molar-refractivity contribution < 1.29 is 9.53 Å². The Morgan fingerprint density at radius 2 is 1.94 bits per heavy atom. The van der Waals surface area contributed by atoms with Crippen LogP contribution in [0.2, 0.25) is 0 Å². The number of nitrogens with two attached hydrogens (primary N) is 1. The van der Waals surface area contributed by atoms with Gasteiger partial charge in [0, 0.05) is 32.2 Å². The molecule has 0 radical (unpaired) electrons. The van der Waals surface area contributed by atoms with Gasteiger partial charge >= 0.3 is 0 Å². The Morgan fingerprint density at radius 3 is 2.44 bits per heavy atom. The van der Waals surface area contributed by atoms with E-state index < -0.39 is 0 Å². The predicted octanol–water partition coefficient (Wildman–Crippen LogP) is 0.751. The second kappa shape index (κ2) is 5.15. The van der Waals surface area contributed by atoms with Gasteiger partial charge in [-0.2, -0.15) is 0 Å². The first-order valence-electron chi connectivity index (χ1n) is 6.28. The molecule has 2 rings (SSSR count). The highest BCUT2D eigenvalue weighted by Crippen LogP contribution is 2.28. The molecule has 4 heteroatoms. The fourth-order valence-electron chi connectivity index (χ4n) is 2.79. The van der Waals surface area contributed by atoms with E-state index >= 15 is 0 Å². The van der Waals surface area contributed by atoms with E-state index in [2.05, 4.69) is 0 Å². The number of hydrogen-bond acceptors (Lipinski definition) is 3. The number of carbonyl (C=O) groups excluding carboxylic acids is 1. The maximum atomic E-state index is 12.2. The highest BCUT2D eigenvalue weighted by atomic mass is 16.5. The summed E-state index contributed by atoms with van der Waals surface area (Å²) in [7, 11) is 1.76. The minimum atomic E-state index is 0.194. The fourth-order valence-corrected chi connectivity index (χ4v) is 2.79. The molecule has 0 spiro atoms. The highest BCUT2D eigenvalue weighted by Gasteiger charge is 2.32. The lowest BCUT2D eigenvalue weighted by atomic mass is 9.86. The number of methoxy groups -OCH3 is 1. The van der Waals surface area contributed by atoms with Crippen LogP contribution in [0.5, 0.6) is 0 Å². The van der Waals surface area contributed by atoms with Crippen LogP contribution in [-0.2, 0) is 9.53 Å². The summed E-state index contributed by atoms with van der Waals surface area (Å²) in [6.45, 7) is 1.60. The van der Waals surface area contributed by atoms with Crippen molar-refractivity contribution in [1.29, 1.82) is 0 Å². The van der Waals surface area contributed by atoms with Gasteiger partial charge in [-0.15, -0.1) is 0 Å². The van der Waals surface area contributed by atoms with Crippen molar-refractivity contribution in [3.05, 3.63) is 0 Å². The van der Waals surface area contributed by atoms with Crippen molar-refractivity contribution in [2.24, 2.45) is 11.7 Å². The summed E-state index contributed by atoms with van der Waals surface area (Å²) in [4.78, 5) is 14.1. The number of carbonyl (C=O) groups is 1. The van der Waals surface area contributed by atoms with Crippen molar-refractivity contribution in [1.82, 2.24) is 4.90 Å². The van der Waals surface area contributed by atoms with Crippen molar-refractivity contribution in [2.75, 3.05) is 20.2 Å². The monoisotopic (exact) mass is 226 g/mol. The van der Waals surface area contributed by atoms with E-state index in [1.807, 2.05) is 4.90 Å². The zero-order valence-electron chi connectivity index (χ0n) is 10.0. The van der Waals surface area contributed by atoms with Crippen molar-refractivity contribution in [3.8, 4) is 0 Å². The molecule has 1 unspecified atom stereocenters. The predicted molar refractivity (Wildman–Crippen MR) is 61.9 cm³/mol. The molecule has 1 saturated heterocycles. The van der Waals surface area contributed by atoms with Crippen molar-refractivity contribution in [2.45, 2.75) is 44.2 Å². The van der Waals surface area contributed by atoms with Crippen LogP contribution in [-0.4, -0.2) is 43.2 Å². The quantitative estimate of drug-likeness (QED) is 0.756. The lowest BCUT2D eigenvalue weighted by Crippen LogP contribution is -2.38. The first-order valence-corrected chi connectivity index (χ1v) is 6.28. The van der Waals surface area contributed by atoms with E-state index in [1.54, 1.807) is 7.11 Å². The van der Waals surface area contributed by atoms with E-state index in [9.17, 15) is 4.79 Å². The maximum Gasteiger partial charge on any atom is 0.225 e. The van der Waals surface area contributed by atoms with Gasteiger partial charge in [0.1, 0.15) is 0 Å². The summed E-state index contributed by atoms with van der Waals surface area (Å²) in [5.74, 6) is 0.541. The molecule has 0 bridgehead atoms. The van der Waals surface area contributed by atoms with Crippen LogP contribution in [0.1, 0.15) is 32.1 Å². The SMILES string of the molecule is COC1CCC(C(=O)N2CCC(N)C2)CC1. The Balaban J connectivity index is 1.82. The highest BCUT2D eigenvalue weighted by molar-refractivity contribution is 5.79. The Morgan fingerprint density at radius 1 is 1.25 bits per heavy atom. The Kier molecular flexibility index (Phi) is 3.82. The average Bonchev–Trinajstić information content (AvgIpc) is 2.75. The standard InChI is InChI=1S/C12H22N2O2/c1-16-11-4-2-9(3-5-11)12(15)14-7-6-10(13)8-14/h9-11H,2-8,13H2,1H3. The Bertz CT molecular complexity index is 249. The molecule has 1 atom stereocenters. The molecule has 2 fully saturated rings. The normalized spacial score (nSPS) is 35.4. The van der Waals surface area contributed by atoms with Gasteiger partial charge in [0.05, 0.1) is 6.10 Å². The summed E-state index contributed by atoms with van der Waals surface area (Å²) in [6.07, 6.45) is 5.31. The van der Waals surface area contributed by atoms with Gasteiger partial charge in [-0.25, -0.2) is 0 Å². The molecule has 16 heavy (non-hydrogen) atoms. The molecule has 4 nitrogen and oxygen atoms in total. The van der Waals surface area contributed by atoms with Crippen LogP contribution in [0.25, 0.3) is 0 Å². The summed E-state index contributed by atoms with van der Waals surface area (Å²) >= 11 is 0. The van der Waals surface area contributed by atoms with E-state index in [1.165, 1.54) is 0 Å². The first kappa shape index (κ1) is 11.9. The van der Waals surface area contributed by atoms with E-state index in [0.717, 1.165) is 45.2 Å². The van der Waals surface area contributed by atoms with E-state index in [0.29, 0.717) is 12.0 Å². The van der Waals surface area contributed by atoms with Gasteiger partial charge in [0.15, 0.2) is 0 Å². The third kappa shape index (κ3) is 2.55. The minimum Gasteiger partial charge on any atom is -0.381 e. The molecular formula is C12H22N2O2. The smallest absolute Gasteiger partial charge is 0.225 e. The van der Waals surface area contributed by atoms with Crippen LogP contribution in [0.3, 0.4) is 0 Å². The molecule has 0 aromatic heterocycles. The van der Waals surface area contributed by atoms with Gasteiger partial charge < -0.3 is 15.4 Å². The number of ether oxygens (including phenoxy) is 1. The topological polar surface area (TPSA) is 55.6 Å². The molecule has 0 aromatic carbocycles. The number of rotatable bonds is 2. The van der Waals surface area contributed by atoms with Crippen LogP contribution < -0.4 is 5.73 Å². The van der Waals surface area contributed by atoms with E-state index in [-0.39, 0.29) is 12.0 Å². The van der Waals surface area contributed by atoms with Crippen LogP contribution in [0, 0.1) is 5.92 Å². The van der Waals surface area contributed by atoms with Gasteiger partial charge in [-0.05, 0) is 32.1 Å². The van der Waals surface area contributed by atoms with Crippen LogP contribution in [0.4, 0.5) is 0 Å². The number of amides is 1. The van der Waals surface area contributed by atoms with Gasteiger partial charge in [-0.3, -0.25) is 4.79 Å². The summed E-state index contributed by atoms with van der Waals surface area (Å²) in [6, 6.07) is 0.194. The zero-order valence-corrected chi connectivity index (χ0v) is 10.0. The molecule has 2 aliphatic rings. The van der Waals surface area contributed by atoms with Crippen molar-refractivity contribution >= 4 is 5.91 Å². The minimum absolute atomic E-state index is 0.194. The largest absolute Gasteiger partial charge is 0.381 e. The maximum absolute atomic E-state index is 12.2. The van der Waals surface area contributed by atoms with E-state index in [4.69, 9.17) is 10.5 Å². The third-order valence-electron chi connectivity index (χ3n) is 3.89. The summed E-state index contributed by atoms with van der Waals surface area (Å²) in [5, 5.41) is 0. The van der Waals surface area contributed by atoms with Gasteiger partial charge in [-0.1, -0.05) is 0 Å². The molecule has 2 N–H and O–H groups in total. The number of hydrogen-bond donors (Lipinski definition) is 1. The summed E-state index contributed by atoms with van der Waals surface area (Å²) in [5.41, 5.74) is 5.82.